The lowest BCUT2D eigenvalue weighted by Crippen LogP contribution is -2.43. The summed E-state index contributed by atoms with van der Waals surface area (Å²) in [7, 11) is 0. The standard InChI is InChI=1S/C19H31N3OS/c1-4-20-18(22-15-19(3)11-8-12-24-19)21-13-16-9-6-7-10-17(16)14-23-5-2/h6-7,9-10H,4-5,8,11-15H2,1-3H3,(H2,20,21,22). The molecule has 1 atom stereocenters. The Labute approximate surface area is 150 Å². The van der Waals surface area contributed by atoms with Gasteiger partial charge < -0.3 is 15.4 Å². The molecule has 0 spiro atoms. The Bertz CT molecular complexity index is 527. The number of hydrogen-bond acceptors (Lipinski definition) is 3. The van der Waals surface area contributed by atoms with Crippen LogP contribution in [0.1, 0.15) is 44.7 Å². The minimum Gasteiger partial charge on any atom is -0.377 e. The van der Waals surface area contributed by atoms with Crippen molar-refractivity contribution in [2.45, 2.75) is 51.5 Å². The molecule has 1 heterocycles. The van der Waals surface area contributed by atoms with Crippen molar-refractivity contribution in [3.63, 3.8) is 0 Å². The maximum absolute atomic E-state index is 5.56. The molecule has 0 radical (unpaired) electrons. The lowest BCUT2D eigenvalue weighted by molar-refractivity contribution is 0.133. The van der Waals surface area contributed by atoms with Crippen LogP contribution < -0.4 is 10.6 Å². The number of rotatable bonds is 8. The molecular formula is C19H31N3OS. The normalized spacial score (nSPS) is 21.0. The van der Waals surface area contributed by atoms with Crippen LogP contribution in [0, 0.1) is 0 Å². The molecule has 1 saturated heterocycles. The second-order valence-corrected chi connectivity index (χ2v) is 8.04. The Balaban J connectivity index is 1.97. The van der Waals surface area contributed by atoms with E-state index in [0.29, 0.717) is 17.9 Å². The van der Waals surface area contributed by atoms with E-state index in [9.17, 15) is 0 Å². The smallest absolute Gasteiger partial charge is 0.191 e. The molecule has 0 bridgehead atoms. The number of aliphatic imine (C=N–C) groups is 1. The number of nitrogens with zero attached hydrogens (tertiary/aromatic N) is 1. The first-order valence-corrected chi connectivity index (χ1v) is 9.96. The zero-order valence-corrected chi connectivity index (χ0v) is 16.0. The fourth-order valence-electron chi connectivity index (χ4n) is 2.82. The van der Waals surface area contributed by atoms with Gasteiger partial charge in [0.1, 0.15) is 0 Å². The van der Waals surface area contributed by atoms with Crippen molar-refractivity contribution < 1.29 is 4.74 Å². The van der Waals surface area contributed by atoms with Crippen molar-refractivity contribution >= 4 is 17.7 Å². The summed E-state index contributed by atoms with van der Waals surface area (Å²) in [6, 6.07) is 8.38. The van der Waals surface area contributed by atoms with Crippen LogP contribution in [-0.2, 0) is 17.9 Å². The molecule has 1 aliphatic rings. The van der Waals surface area contributed by atoms with Gasteiger partial charge in [0, 0.05) is 24.4 Å². The van der Waals surface area contributed by atoms with Crippen LogP contribution in [0.3, 0.4) is 0 Å². The van der Waals surface area contributed by atoms with Crippen LogP contribution in [0.25, 0.3) is 0 Å². The number of thioether (sulfide) groups is 1. The van der Waals surface area contributed by atoms with Gasteiger partial charge in [-0.3, -0.25) is 0 Å². The first kappa shape index (κ1) is 19.1. The van der Waals surface area contributed by atoms with E-state index < -0.39 is 0 Å². The summed E-state index contributed by atoms with van der Waals surface area (Å²) in [5.41, 5.74) is 2.45. The Morgan fingerprint density at radius 2 is 2.04 bits per heavy atom. The van der Waals surface area contributed by atoms with Gasteiger partial charge in [-0.25, -0.2) is 4.99 Å². The second-order valence-electron chi connectivity index (χ2n) is 6.36. The highest BCUT2D eigenvalue weighted by molar-refractivity contribution is 8.00. The van der Waals surface area contributed by atoms with Gasteiger partial charge in [0.25, 0.3) is 0 Å². The minimum absolute atomic E-state index is 0.336. The Morgan fingerprint density at radius 1 is 1.25 bits per heavy atom. The van der Waals surface area contributed by atoms with Gasteiger partial charge in [-0.1, -0.05) is 24.3 Å². The molecule has 1 fully saturated rings. The third kappa shape index (κ3) is 6.02. The fraction of sp³-hybridized carbons (Fsp3) is 0.632. The number of nitrogens with one attached hydrogen (secondary N) is 2. The summed E-state index contributed by atoms with van der Waals surface area (Å²) >= 11 is 2.07. The van der Waals surface area contributed by atoms with Crippen LogP contribution in [-0.4, -0.2) is 36.2 Å². The summed E-state index contributed by atoms with van der Waals surface area (Å²) in [6.07, 6.45) is 2.60. The highest BCUT2D eigenvalue weighted by atomic mass is 32.2. The van der Waals surface area contributed by atoms with Gasteiger partial charge in [-0.2, -0.15) is 11.8 Å². The summed E-state index contributed by atoms with van der Waals surface area (Å²) in [4.78, 5) is 4.77. The van der Waals surface area contributed by atoms with E-state index in [2.05, 4.69) is 60.5 Å². The molecule has 2 rings (SSSR count). The van der Waals surface area contributed by atoms with Gasteiger partial charge in [0.15, 0.2) is 5.96 Å². The molecule has 24 heavy (non-hydrogen) atoms. The monoisotopic (exact) mass is 349 g/mol. The van der Waals surface area contributed by atoms with Crippen molar-refractivity contribution in [3.05, 3.63) is 35.4 Å². The maximum atomic E-state index is 5.56. The van der Waals surface area contributed by atoms with Gasteiger partial charge in [0.05, 0.1) is 13.2 Å². The van der Waals surface area contributed by atoms with Gasteiger partial charge in [-0.15, -0.1) is 0 Å². The van der Waals surface area contributed by atoms with Crippen LogP contribution in [0.2, 0.25) is 0 Å². The SMILES string of the molecule is CCNC(=NCc1ccccc1COCC)NCC1(C)CCCS1. The Hall–Kier alpha value is -1.20. The van der Waals surface area contributed by atoms with Crippen molar-refractivity contribution in [2.75, 3.05) is 25.4 Å². The maximum Gasteiger partial charge on any atom is 0.191 e. The molecule has 0 aliphatic carbocycles. The van der Waals surface area contributed by atoms with E-state index in [1.807, 2.05) is 6.92 Å². The highest BCUT2D eigenvalue weighted by Gasteiger charge is 2.29. The molecule has 1 unspecified atom stereocenters. The zero-order valence-electron chi connectivity index (χ0n) is 15.2. The second kappa shape index (κ2) is 9.94. The Morgan fingerprint density at radius 3 is 2.71 bits per heavy atom. The fourth-order valence-corrected chi connectivity index (χ4v) is 4.06. The van der Waals surface area contributed by atoms with Gasteiger partial charge in [-0.05, 0) is 50.5 Å². The first-order chi connectivity index (χ1) is 11.7. The zero-order chi connectivity index (χ0) is 17.3. The van der Waals surface area contributed by atoms with E-state index >= 15 is 0 Å². The summed E-state index contributed by atoms with van der Waals surface area (Å²) in [5, 5.41) is 6.88. The largest absolute Gasteiger partial charge is 0.377 e. The topological polar surface area (TPSA) is 45.7 Å². The van der Waals surface area contributed by atoms with Crippen LogP contribution in [0.5, 0.6) is 0 Å². The minimum atomic E-state index is 0.336. The molecule has 0 amide bonds. The van der Waals surface area contributed by atoms with Crippen molar-refractivity contribution in [1.82, 2.24) is 10.6 Å². The average Bonchev–Trinajstić information content (AvgIpc) is 3.03. The molecular weight excluding hydrogens is 318 g/mol. The Kier molecular flexibility index (Phi) is 7.92. The number of benzene rings is 1. The first-order valence-electron chi connectivity index (χ1n) is 8.97. The molecule has 0 aromatic heterocycles. The number of ether oxygens (including phenoxy) is 1. The predicted molar refractivity (Wildman–Crippen MR) is 105 cm³/mol. The van der Waals surface area contributed by atoms with Gasteiger partial charge >= 0.3 is 0 Å². The number of guanidine groups is 1. The molecule has 1 aromatic rings. The summed E-state index contributed by atoms with van der Waals surface area (Å²) in [5.74, 6) is 2.17. The third-order valence-corrected chi connectivity index (χ3v) is 5.80. The van der Waals surface area contributed by atoms with E-state index in [4.69, 9.17) is 9.73 Å². The lowest BCUT2D eigenvalue weighted by atomic mass is 10.1. The highest BCUT2D eigenvalue weighted by Crippen LogP contribution is 2.36. The molecule has 5 heteroatoms. The van der Waals surface area contributed by atoms with Crippen molar-refractivity contribution in [1.29, 1.82) is 0 Å². The van der Waals surface area contributed by atoms with E-state index in [-0.39, 0.29) is 0 Å². The predicted octanol–water partition coefficient (Wildman–Crippen LogP) is 3.56. The van der Waals surface area contributed by atoms with E-state index in [0.717, 1.165) is 25.7 Å². The molecule has 4 nitrogen and oxygen atoms in total. The van der Waals surface area contributed by atoms with Gasteiger partial charge in [0.2, 0.25) is 0 Å². The average molecular weight is 350 g/mol. The van der Waals surface area contributed by atoms with E-state index in [1.54, 1.807) is 0 Å². The molecule has 1 aliphatic heterocycles. The summed E-state index contributed by atoms with van der Waals surface area (Å²) in [6.45, 7) is 10.4. The van der Waals surface area contributed by atoms with Crippen molar-refractivity contribution in [2.24, 2.45) is 4.99 Å². The number of hydrogen-bond donors (Lipinski definition) is 2. The molecule has 0 saturated carbocycles. The van der Waals surface area contributed by atoms with E-state index in [1.165, 1.54) is 29.7 Å². The molecule has 134 valence electrons. The van der Waals surface area contributed by atoms with Crippen LogP contribution in [0.4, 0.5) is 0 Å². The van der Waals surface area contributed by atoms with Crippen LogP contribution >= 0.6 is 11.8 Å². The van der Waals surface area contributed by atoms with Crippen LogP contribution in [0.15, 0.2) is 29.3 Å². The molecule has 2 N–H and O–H groups in total. The molecule has 1 aromatic carbocycles. The quantitative estimate of drug-likeness (QED) is 0.556. The third-order valence-electron chi connectivity index (χ3n) is 4.26. The van der Waals surface area contributed by atoms with Crippen molar-refractivity contribution in [3.8, 4) is 0 Å². The lowest BCUT2D eigenvalue weighted by Gasteiger charge is -2.24. The summed E-state index contributed by atoms with van der Waals surface area (Å²) < 4.78 is 5.90.